The van der Waals surface area contributed by atoms with E-state index in [4.69, 9.17) is 4.74 Å². The maximum Gasteiger partial charge on any atom is 0.191 e. The molecule has 2 rings (SSSR count). The van der Waals surface area contributed by atoms with Crippen LogP contribution in [0.25, 0.3) is 0 Å². The van der Waals surface area contributed by atoms with E-state index in [1.807, 2.05) is 19.6 Å². The predicted octanol–water partition coefficient (Wildman–Crippen LogP) is 0.795. The number of morpholine rings is 1. The summed E-state index contributed by atoms with van der Waals surface area (Å²) in [5, 5.41) is 6.85. The van der Waals surface area contributed by atoms with Crippen LogP contribution in [-0.4, -0.2) is 72.9 Å². The van der Waals surface area contributed by atoms with Gasteiger partial charge in [-0.2, -0.15) is 0 Å². The summed E-state index contributed by atoms with van der Waals surface area (Å²) in [6, 6.07) is 0.515. The van der Waals surface area contributed by atoms with Crippen LogP contribution in [0.3, 0.4) is 0 Å². The van der Waals surface area contributed by atoms with E-state index in [1.54, 1.807) is 6.20 Å². The number of hydrogen-bond donors (Lipinski definition) is 2. The van der Waals surface area contributed by atoms with Crippen LogP contribution in [-0.2, 0) is 11.3 Å². The van der Waals surface area contributed by atoms with E-state index in [0.29, 0.717) is 12.0 Å². The number of aromatic nitrogens is 2. The largest absolute Gasteiger partial charge is 0.379 e. The summed E-state index contributed by atoms with van der Waals surface area (Å²) in [5.74, 6) is 1.54. The number of hydrogen-bond acceptors (Lipinski definition) is 4. The number of nitrogens with zero attached hydrogens (tertiary/aromatic N) is 4. The Balaban J connectivity index is 1.77. The first-order valence-corrected chi connectivity index (χ1v) is 8.91. The van der Waals surface area contributed by atoms with E-state index in [1.165, 1.54) is 6.42 Å². The van der Waals surface area contributed by atoms with Gasteiger partial charge in [0.1, 0.15) is 0 Å². The fourth-order valence-electron chi connectivity index (χ4n) is 3.01. The molecule has 1 unspecified atom stereocenters. The highest BCUT2D eigenvalue weighted by Gasteiger charge is 2.22. The van der Waals surface area contributed by atoms with Crippen molar-refractivity contribution < 1.29 is 4.74 Å². The number of nitrogens with one attached hydrogen (secondary N) is 2. The van der Waals surface area contributed by atoms with Crippen LogP contribution in [0.1, 0.15) is 20.3 Å². The number of imidazole rings is 1. The quantitative estimate of drug-likeness (QED) is 0.543. The van der Waals surface area contributed by atoms with Crippen LogP contribution in [0.5, 0.6) is 0 Å². The molecule has 1 fully saturated rings. The lowest BCUT2D eigenvalue weighted by atomic mass is 10.0. The zero-order chi connectivity index (χ0) is 17.2. The summed E-state index contributed by atoms with van der Waals surface area (Å²) in [6.07, 6.45) is 6.77. The van der Waals surface area contributed by atoms with Crippen molar-refractivity contribution in [3.8, 4) is 0 Å². The van der Waals surface area contributed by atoms with E-state index in [9.17, 15) is 0 Å². The molecule has 1 aliphatic heterocycles. The SMILES string of the molecule is CN=C(NCCn1ccnc1)NCC(CC(C)C)N1CCOCC1. The topological polar surface area (TPSA) is 66.7 Å². The number of ether oxygens (including phenoxy) is 1. The van der Waals surface area contributed by atoms with Crippen LogP contribution in [0.2, 0.25) is 0 Å². The Morgan fingerprint density at radius 3 is 2.71 bits per heavy atom. The molecule has 1 aliphatic rings. The molecule has 0 aromatic carbocycles. The molecule has 0 aliphatic carbocycles. The molecule has 2 N–H and O–H groups in total. The smallest absolute Gasteiger partial charge is 0.191 e. The van der Waals surface area contributed by atoms with Crippen molar-refractivity contribution in [2.45, 2.75) is 32.9 Å². The summed E-state index contributed by atoms with van der Waals surface area (Å²) < 4.78 is 7.54. The molecule has 24 heavy (non-hydrogen) atoms. The zero-order valence-electron chi connectivity index (χ0n) is 15.2. The van der Waals surface area contributed by atoms with Crippen LogP contribution in [0, 0.1) is 5.92 Å². The first kappa shape index (κ1) is 18.7. The lowest BCUT2D eigenvalue weighted by Gasteiger charge is -2.35. The summed E-state index contributed by atoms with van der Waals surface area (Å²) in [7, 11) is 1.82. The van der Waals surface area contributed by atoms with Gasteiger partial charge in [0, 0.05) is 58.2 Å². The second-order valence-electron chi connectivity index (χ2n) is 6.61. The first-order valence-electron chi connectivity index (χ1n) is 8.91. The van der Waals surface area contributed by atoms with Crippen LogP contribution in [0.15, 0.2) is 23.7 Å². The third-order valence-corrected chi connectivity index (χ3v) is 4.26. The van der Waals surface area contributed by atoms with Gasteiger partial charge >= 0.3 is 0 Å². The summed E-state index contributed by atoms with van der Waals surface area (Å²) in [5.41, 5.74) is 0. The van der Waals surface area contributed by atoms with E-state index in [0.717, 1.165) is 51.9 Å². The van der Waals surface area contributed by atoms with Gasteiger partial charge in [0.15, 0.2) is 5.96 Å². The molecular weight excluding hydrogens is 304 g/mol. The molecule has 1 aromatic heterocycles. The van der Waals surface area contributed by atoms with Gasteiger partial charge in [-0.05, 0) is 12.3 Å². The van der Waals surface area contributed by atoms with Gasteiger partial charge < -0.3 is 19.9 Å². The van der Waals surface area contributed by atoms with Gasteiger partial charge in [0.2, 0.25) is 0 Å². The average Bonchev–Trinajstić information content (AvgIpc) is 3.10. The average molecular weight is 336 g/mol. The molecular formula is C17H32N6O. The Labute approximate surface area is 145 Å². The Bertz CT molecular complexity index is 467. The fourth-order valence-corrected chi connectivity index (χ4v) is 3.01. The minimum absolute atomic E-state index is 0.515. The van der Waals surface area contributed by atoms with Crippen molar-refractivity contribution in [2.24, 2.45) is 10.9 Å². The third-order valence-electron chi connectivity index (χ3n) is 4.26. The van der Waals surface area contributed by atoms with Gasteiger partial charge in [-0.25, -0.2) is 4.98 Å². The minimum Gasteiger partial charge on any atom is -0.379 e. The van der Waals surface area contributed by atoms with E-state index in [2.05, 4.69) is 43.9 Å². The second kappa shape index (κ2) is 10.3. The molecule has 7 heteroatoms. The predicted molar refractivity (Wildman–Crippen MR) is 97.2 cm³/mol. The third kappa shape index (κ3) is 6.49. The van der Waals surface area contributed by atoms with Crippen molar-refractivity contribution in [1.82, 2.24) is 25.1 Å². The molecule has 0 saturated carbocycles. The van der Waals surface area contributed by atoms with Gasteiger partial charge in [-0.1, -0.05) is 13.8 Å². The molecule has 0 bridgehead atoms. The summed E-state index contributed by atoms with van der Waals surface area (Å²) in [4.78, 5) is 10.9. The maximum absolute atomic E-state index is 5.48. The number of rotatable bonds is 8. The highest BCUT2D eigenvalue weighted by atomic mass is 16.5. The van der Waals surface area contributed by atoms with Crippen LogP contribution < -0.4 is 10.6 Å². The number of aliphatic imine (C=N–C) groups is 1. The van der Waals surface area contributed by atoms with E-state index < -0.39 is 0 Å². The molecule has 2 heterocycles. The fraction of sp³-hybridized carbons (Fsp3) is 0.765. The minimum atomic E-state index is 0.515. The van der Waals surface area contributed by atoms with Crippen LogP contribution >= 0.6 is 0 Å². The standard InChI is InChI=1S/C17H32N6O/c1-15(2)12-16(23-8-10-24-11-9-23)13-21-17(18-3)20-5-7-22-6-4-19-14-22/h4,6,14-16H,5,7-13H2,1-3H3,(H2,18,20,21). The molecule has 0 amide bonds. The normalized spacial score (nSPS) is 17.9. The zero-order valence-corrected chi connectivity index (χ0v) is 15.2. The highest BCUT2D eigenvalue weighted by molar-refractivity contribution is 5.79. The maximum atomic E-state index is 5.48. The Hall–Kier alpha value is -1.60. The molecule has 1 atom stereocenters. The van der Waals surface area contributed by atoms with Crippen LogP contribution in [0.4, 0.5) is 0 Å². The number of guanidine groups is 1. The molecule has 0 spiro atoms. The molecule has 1 saturated heterocycles. The van der Waals surface area contributed by atoms with Crippen molar-refractivity contribution >= 4 is 5.96 Å². The molecule has 0 radical (unpaired) electrons. The van der Waals surface area contributed by atoms with Crippen molar-refractivity contribution in [3.05, 3.63) is 18.7 Å². The lowest BCUT2D eigenvalue weighted by molar-refractivity contribution is 0.0132. The first-order chi connectivity index (χ1) is 11.7. The van der Waals surface area contributed by atoms with Gasteiger partial charge in [-0.15, -0.1) is 0 Å². The van der Waals surface area contributed by atoms with E-state index in [-0.39, 0.29) is 0 Å². The van der Waals surface area contributed by atoms with Gasteiger partial charge in [0.25, 0.3) is 0 Å². The molecule has 136 valence electrons. The van der Waals surface area contributed by atoms with Crippen molar-refractivity contribution in [2.75, 3.05) is 46.4 Å². The Kier molecular flexibility index (Phi) is 8.04. The summed E-state index contributed by atoms with van der Waals surface area (Å²) in [6.45, 7) is 10.9. The monoisotopic (exact) mass is 336 g/mol. The second-order valence-corrected chi connectivity index (χ2v) is 6.61. The molecule has 7 nitrogen and oxygen atoms in total. The Morgan fingerprint density at radius 2 is 2.08 bits per heavy atom. The van der Waals surface area contributed by atoms with E-state index >= 15 is 0 Å². The Morgan fingerprint density at radius 1 is 1.29 bits per heavy atom. The summed E-state index contributed by atoms with van der Waals surface area (Å²) >= 11 is 0. The van der Waals surface area contributed by atoms with Gasteiger partial charge in [0.05, 0.1) is 19.5 Å². The van der Waals surface area contributed by atoms with Crippen molar-refractivity contribution in [1.29, 1.82) is 0 Å². The molecule has 1 aromatic rings. The van der Waals surface area contributed by atoms with Crippen molar-refractivity contribution in [3.63, 3.8) is 0 Å². The highest BCUT2D eigenvalue weighted by Crippen LogP contribution is 2.12. The lowest BCUT2D eigenvalue weighted by Crippen LogP contribution is -2.51. The van der Waals surface area contributed by atoms with Gasteiger partial charge in [-0.3, -0.25) is 9.89 Å².